The third-order valence-electron chi connectivity index (χ3n) is 9.80. The van der Waals surface area contributed by atoms with Gasteiger partial charge in [-0.2, -0.15) is 0 Å². The van der Waals surface area contributed by atoms with Crippen molar-refractivity contribution >= 4 is 16.7 Å². The average molecular weight is 645 g/mol. The van der Waals surface area contributed by atoms with E-state index in [2.05, 4.69) is 151 Å². The van der Waals surface area contributed by atoms with E-state index in [9.17, 15) is 0 Å². The Morgan fingerprint density at radius 2 is 0.765 bits per heavy atom. The molecule has 51 heavy (non-hydrogen) atoms. The maximum Gasteiger partial charge on any atom is 0.0291 e. The molecule has 0 amide bonds. The number of fused-ring (bicyclic) bond motifs is 2. The second kappa shape index (κ2) is 13.2. The van der Waals surface area contributed by atoms with E-state index >= 15 is 0 Å². The van der Waals surface area contributed by atoms with Gasteiger partial charge in [-0.05, 0) is 116 Å². The zero-order valence-corrected chi connectivity index (χ0v) is 28.0. The SMILES string of the molecule is C(#Cc1ccc(C2=C3C(=CC2c2ccccc2)c2ccc(-c4ccc(C#Cc5ccccc5)cc4)c(c2)-c2ccc3cc2)cc1)c1ccccc1. The molecule has 0 saturated carbocycles. The maximum absolute atomic E-state index is 3.35. The lowest BCUT2D eigenvalue weighted by Crippen LogP contribution is -1.98. The molecule has 4 bridgehead atoms. The minimum absolute atomic E-state index is 0.115. The van der Waals surface area contributed by atoms with Gasteiger partial charge >= 0.3 is 0 Å². The highest BCUT2D eigenvalue weighted by Crippen LogP contribution is 2.53. The lowest BCUT2D eigenvalue weighted by Gasteiger charge is -2.18. The van der Waals surface area contributed by atoms with Crippen LogP contribution in [0.3, 0.4) is 0 Å². The molecule has 10 rings (SSSR count). The second-order valence-corrected chi connectivity index (χ2v) is 13.0. The van der Waals surface area contributed by atoms with Crippen molar-refractivity contribution in [3.63, 3.8) is 0 Å². The summed E-state index contributed by atoms with van der Waals surface area (Å²) < 4.78 is 0. The Labute approximate surface area is 300 Å². The van der Waals surface area contributed by atoms with E-state index in [1.165, 1.54) is 61.2 Å². The fourth-order valence-electron chi connectivity index (χ4n) is 7.25. The fourth-order valence-corrected chi connectivity index (χ4v) is 7.25. The summed E-state index contributed by atoms with van der Waals surface area (Å²) in [6.45, 7) is 0. The van der Waals surface area contributed by atoms with E-state index in [1.54, 1.807) is 0 Å². The molecule has 0 saturated heterocycles. The first-order chi connectivity index (χ1) is 25.3. The van der Waals surface area contributed by atoms with Gasteiger partial charge in [-0.3, -0.25) is 0 Å². The Morgan fingerprint density at radius 3 is 1.33 bits per heavy atom. The Bertz CT molecular complexity index is 2560. The van der Waals surface area contributed by atoms with E-state index < -0.39 is 0 Å². The molecule has 0 radical (unpaired) electrons. The molecule has 0 fully saturated rings. The van der Waals surface area contributed by atoms with Crippen LogP contribution in [-0.2, 0) is 0 Å². The van der Waals surface area contributed by atoms with Crippen LogP contribution in [0.25, 0.3) is 39.0 Å². The van der Waals surface area contributed by atoms with Crippen LogP contribution in [0.1, 0.15) is 50.4 Å². The molecule has 3 aliphatic rings. The predicted octanol–water partition coefficient (Wildman–Crippen LogP) is 11.9. The van der Waals surface area contributed by atoms with Gasteiger partial charge in [-0.15, -0.1) is 0 Å². The Kier molecular flexibility index (Phi) is 7.83. The van der Waals surface area contributed by atoms with Crippen LogP contribution in [0.2, 0.25) is 0 Å². The molecule has 0 nitrogen and oxygen atoms in total. The smallest absolute Gasteiger partial charge is 0.0291 e. The van der Waals surface area contributed by atoms with Crippen molar-refractivity contribution in [3.8, 4) is 45.9 Å². The summed E-state index contributed by atoms with van der Waals surface area (Å²) in [5, 5.41) is 0. The molecule has 3 aliphatic carbocycles. The van der Waals surface area contributed by atoms with Gasteiger partial charge < -0.3 is 0 Å². The molecular formula is C51H32. The topological polar surface area (TPSA) is 0 Å². The lowest BCUT2D eigenvalue weighted by molar-refractivity contribution is 1.12. The number of hydrogen-bond acceptors (Lipinski definition) is 0. The van der Waals surface area contributed by atoms with Crippen LogP contribution in [0, 0.1) is 23.7 Å². The second-order valence-electron chi connectivity index (χ2n) is 13.0. The summed E-state index contributed by atoms with van der Waals surface area (Å²) in [6, 6.07) is 64.7. The molecule has 0 heterocycles. The molecule has 7 aromatic carbocycles. The number of allylic oxidation sites excluding steroid dienone is 4. The Morgan fingerprint density at radius 1 is 0.333 bits per heavy atom. The summed E-state index contributed by atoms with van der Waals surface area (Å²) >= 11 is 0. The minimum Gasteiger partial charge on any atom is -0.0641 e. The summed E-state index contributed by atoms with van der Waals surface area (Å²) in [6.07, 6.45) is 2.47. The van der Waals surface area contributed by atoms with Crippen molar-refractivity contribution in [2.75, 3.05) is 0 Å². The number of hydrogen-bond donors (Lipinski definition) is 0. The van der Waals surface area contributed by atoms with E-state index in [4.69, 9.17) is 0 Å². The third kappa shape index (κ3) is 6.02. The first-order valence-electron chi connectivity index (χ1n) is 17.4. The van der Waals surface area contributed by atoms with Crippen molar-refractivity contribution in [2.45, 2.75) is 5.92 Å². The predicted molar refractivity (Wildman–Crippen MR) is 213 cm³/mol. The highest BCUT2D eigenvalue weighted by Gasteiger charge is 2.31. The lowest BCUT2D eigenvalue weighted by atomic mass is 9.85. The van der Waals surface area contributed by atoms with Gasteiger partial charge in [0.2, 0.25) is 0 Å². The molecule has 0 heteroatoms. The van der Waals surface area contributed by atoms with Crippen molar-refractivity contribution < 1.29 is 0 Å². The van der Waals surface area contributed by atoms with E-state index in [1.807, 2.05) is 60.7 Å². The van der Waals surface area contributed by atoms with Crippen molar-refractivity contribution in [2.24, 2.45) is 0 Å². The van der Waals surface area contributed by atoms with Crippen molar-refractivity contribution in [3.05, 3.63) is 233 Å². The molecule has 1 unspecified atom stereocenters. The van der Waals surface area contributed by atoms with Gasteiger partial charge in [0.15, 0.2) is 0 Å². The van der Waals surface area contributed by atoms with Crippen LogP contribution < -0.4 is 0 Å². The van der Waals surface area contributed by atoms with E-state index in [0.717, 1.165) is 22.3 Å². The maximum atomic E-state index is 3.35. The van der Waals surface area contributed by atoms with Crippen LogP contribution in [0.4, 0.5) is 0 Å². The average Bonchev–Trinajstić information content (AvgIpc) is 3.63. The largest absolute Gasteiger partial charge is 0.0641 e. The standard InChI is InChI=1S/C51H32/c1-4-10-36(11-5-1)16-18-38-20-24-41(25-21-38)46-33-32-45-34-47(46)42-28-30-44(31-29-42)51-49(45)35-48(40-14-8-3-9-15-40)50(51)43-26-22-39(23-27-43)19-17-37-12-6-2-7-13-37/h1-15,20-35,48H. The van der Waals surface area contributed by atoms with Crippen LogP contribution >= 0.6 is 0 Å². The Hall–Kier alpha value is -6.86. The van der Waals surface area contributed by atoms with E-state index in [0.29, 0.717) is 0 Å². The molecule has 0 aromatic heterocycles. The zero-order valence-electron chi connectivity index (χ0n) is 28.0. The summed E-state index contributed by atoms with van der Waals surface area (Å²) in [4.78, 5) is 0. The number of rotatable bonds is 3. The molecule has 0 N–H and O–H groups in total. The molecule has 236 valence electrons. The van der Waals surface area contributed by atoms with Gasteiger partial charge in [0.1, 0.15) is 0 Å². The zero-order chi connectivity index (χ0) is 34.0. The molecule has 7 aromatic rings. The van der Waals surface area contributed by atoms with Crippen LogP contribution in [-0.4, -0.2) is 0 Å². The molecular weight excluding hydrogens is 613 g/mol. The summed E-state index contributed by atoms with van der Waals surface area (Å²) in [5.41, 5.74) is 17.8. The fraction of sp³-hybridized carbons (Fsp3) is 0.0196. The monoisotopic (exact) mass is 644 g/mol. The van der Waals surface area contributed by atoms with Crippen LogP contribution in [0.5, 0.6) is 0 Å². The summed E-state index contributed by atoms with van der Waals surface area (Å²) in [5.74, 6) is 13.4. The van der Waals surface area contributed by atoms with Crippen LogP contribution in [0.15, 0.2) is 188 Å². The Balaban J connectivity index is 1.13. The van der Waals surface area contributed by atoms with Gasteiger partial charge in [0, 0.05) is 28.2 Å². The van der Waals surface area contributed by atoms with Crippen molar-refractivity contribution in [1.82, 2.24) is 0 Å². The molecule has 1 atom stereocenters. The first kappa shape index (κ1) is 30.2. The highest BCUT2D eigenvalue weighted by molar-refractivity contribution is 6.20. The van der Waals surface area contributed by atoms with Gasteiger partial charge in [0.05, 0.1) is 0 Å². The molecule has 0 aliphatic heterocycles. The third-order valence-corrected chi connectivity index (χ3v) is 9.80. The van der Waals surface area contributed by atoms with Gasteiger partial charge in [0.25, 0.3) is 0 Å². The molecule has 0 spiro atoms. The first-order valence-corrected chi connectivity index (χ1v) is 17.4. The quantitative estimate of drug-likeness (QED) is 0.168. The van der Waals surface area contributed by atoms with Gasteiger partial charge in [-0.25, -0.2) is 0 Å². The normalized spacial score (nSPS) is 13.8. The minimum atomic E-state index is 0.115. The van der Waals surface area contributed by atoms with Gasteiger partial charge in [-0.1, -0.05) is 157 Å². The van der Waals surface area contributed by atoms with Crippen molar-refractivity contribution in [1.29, 1.82) is 0 Å². The summed E-state index contributed by atoms with van der Waals surface area (Å²) in [7, 11) is 0. The highest BCUT2D eigenvalue weighted by atomic mass is 14.3. The number of benzene rings is 7. The van der Waals surface area contributed by atoms with E-state index in [-0.39, 0.29) is 5.92 Å².